The molecule has 0 amide bonds. The van der Waals surface area contributed by atoms with Gasteiger partial charge in [-0.1, -0.05) is 0 Å². The highest BCUT2D eigenvalue weighted by Gasteiger charge is 2.41. The monoisotopic (exact) mass is 253 g/mol. The Morgan fingerprint density at radius 3 is 2.53 bits per heavy atom. The van der Waals surface area contributed by atoms with Gasteiger partial charge in [-0.05, 0) is 12.1 Å². The highest BCUT2D eigenvalue weighted by atomic mass is 19.3. The zero-order valence-corrected chi connectivity index (χ0v) is 8.92. The molecule has 3 nitrogen and oxygen atoms in total. The molecule has 17 heavy (non-hydrogen) atoms. The van der Waals surface area contributed by atoms with Crippen LogP contribution in [0, 0.1) is 0 Å². The van der Waals surface area contributed by atoms with Crippen LogP contribution in [0.4, 0.5) is 23.2 Å². The quantitative estimate of drug-likeness (QED) is 0.648. The van der Waals surface area contributed by atoms with Gasteiger partial charge in [0, 0.05) is 6.07 Å². The molecule has 0 aromatic heterocycles. The summed E-state index contributed by atoms with van der Waals surface area (Å²) in [7, 11) is 1.36. The van der Waals surface area contributed by atoms with E-state index in [-0.39, 0.29) is 11.4 Å². The van der Waals surface area contributed by atoms with Crippen LogP contribution in [0.15, 0.2) is 18.2 Å². The SMILES string of the molecule is COc1ccc(N)c(OCC(F)(F)C(F)F)c1. The molecular weight excluding hydrogens is 242 g/mol. The second-order valence-corrected chi connectivity index (χ2v) is 3.25. The first kappa shape index (κ1) is 13.4. The molecule has 0 bridgehead atoms. The van der Waals surface area contributed by atoms with Crippen molar-refractivity contribution in [3.05, 3.63) is 18.2 Å². The Morgan fingerprint density at radius 2 is 2.00 bits per heavy atom. The normalized spacial score (nSPS) is 11.6. The molecule has 0 aliphatic heterocycles. The number of hydrogen-bond donors (Lipinski definition) is 1. The van der Waals surface area contributed by atoms with Crippen LogP contribution >= 0.6 is 0 Å². The first-order valence-electron chi connectivity index (χ1n) is 4.59. The molecule has 96 valence electrons. The van der Waals surface area contributed by atoms with Crippen LogP contribution in [0.25, 0.3) is 0 Å². The Bertz CT molecular complexity index is 385. The minimum absolute atomic E-state index is 0.0656. The Kier molecular flexibility index (Phi) is 4.03. The number of methoxy groups -OCH3 is 1. The minimum Gasteiger partial charge on any atom is -0.497 e. The molecule has 2 N–H and O–H groups in total. The molecule has 0 saturated carbocycles. The highest BCUT2D eigenvalue weighted by molar-refractivity contribution is 5.55. The van der Waals surface area contributed by atoms with Gasteiger partial charge in [-0.25, -0.2) is 8.78 Å². The average molecular weight is 253 g/mol. The predicted octanol–water partition coefficient (Wildman–Crippen LogP) is 2.56. The van der Waals surface area contributed by atoms with Gasteiger partial charge in [0.2, 0.25) is 0 Å². The molecule has 1 aromatic carbocycles. The van der Waals surface area contributed by atoms with E-state index in [9.17, 15) is 17.6 Å². The number of nitrogens with two attached hydrogens (primary N) is 1. The third kappa shape index (κ3) is 3.40. The van der Waals surface area contributed by atoms with Crippen LogP contribution < -0.4 is 15.2 Å². The highest BCUT2D eigenvalue weighted by Crippen LogP contribution is 2.29. The molecule has 0 saturated heterocycles. The van der Waals surface area contributed by atoms with Gasteiger partial charge < -0.3 is 15.2 Å². The summed E-state index contributed by atoms with van der Waals surface area (Å²) in [6, 6.07) is 4.11. The van der Waals surface area contributed by atoms with Gasteiger partial charge in [0.05, 0.1) is 12.8 Å². The summed E-state index contributed by atoms with van der Waals surface area (Å²) < 4.78 is 58.3. The van der Waals surface area contributed by atoms with Gasteiger partial charge in [-0.3, -0.25) is 0 Å². The predicted molar refractivity (Wildman–Crippen MR) is 53.9 cm³/mol. The lowest BCUT2D eigenvalue weighted by atomic mass is 10.3. The summed E-state index contributed by atoms with van der Waals surface area (Å²) in [6.07, 6.45) is -3.78. The first-order valence-corrected chi connectivity index (χ1v) is 4.59. The average Bonchev–Trinajstić information content (AvgIpc) is 2.28. The van der Waals surface area contributed by atoms with Gasteiger partial charge in [0.15, 0.2) is 6.61 Å². The molecule has 0 spiro atoms. The third-order valence-electron chi connectivity index (χ3n) is 1.96. The molecule has 0 radical (unpaired) electrons. The van der Waals surface area contributed by atoms with Gasteiger partial charge in [0.1, 0.15) is 11.5 Å². The van der Waals surface area contributed by atoms with Crippen molar-refractivity contribution >= 4 is 5.69 Å². The summed E-state index contributed by atoms with van der Waals surface area (Å²) in [4.78, 5) is 0. The van der Waals surface area contributed by atoms with Crippen molar-refractivity contribution in [2.45, 2.75) is 12.3 Å². The molecular formula is C10H11F4NO2. The van der Waals surface area contributed by atoms with Crippen molar-refractivity contribution < 1.29 is 27.0 Å². The summed E-state index contributed by atoms with van der Waals surface area (Å²) in [5, 5.41) is 0. The Labute approximate surface area is 95.1 Å². The summed E-state index contributed by atoms with van der Waals surface area (Å²) in [5.74, 6) is -4.01. The molecule has 0 aliphatic carbocycles. The van der Waals surface area contributed by atoms with E-state index in [0.29, 0.717) is 5.75 Å². The van der Waals surface area contributed by atoms with Crippen molar-refractivity contribution in [1.82, 2.24) is 0 Å². The number of hydrogen-bond acceptors (Lipinski definition) is 3. The number of alkyl halides is 4. The van der Waals surface area contributed by atoms with E-state index in [0.717, 1.165) is 0 Å². The molecule has 0 fully saturated rings. The van der Waals surface area contributed by atoms with Crippen LogP contribution in [-0.4, -0.2) is 26.1 Å². The van der Waals surface area contributed by atoms with E-state index in [4.69, 9.17) is 10.5 Å². The molecule has 1 aromatic rings. The number of rotatable bonds is 5. The number of anilines is 1. The standard InChI is InChI=1S/C10H11F4NO2/c1-16-6-2-3-7(15)8(4-6)17-5-10(13,14)9(11)12/h2-4,9H,5,15H2,1H3. The van der Waals surface area contributed by atoms with Gasteiger partial charge in [-0.15, -0.1) is 0 Å². The Balaban J connectivity index is 2.75. The topological polar surface area (TPSA) is 44.5 Å². The molecule has 0 unspecified atom stereocenters. The zero-order chi connectivity index (χ0) is 13.1. The third-order valence-corrected chi connectivity index (χ3v) is 1.96. The van der Waals surface area contributed by atoms with Gasteiger partial charge >= 0.3 is 12.3 Å². The molecule has 0 heterocycles. The van der Waals surface area contributed by atoms with Crippen LogP contribution in [0.1, 0.15) is 0 Å². The lowest BCUT2D eigenvalue weighted by Gasteiger charge is -2.17. The van der Waals surface area contributed by atoms with E-state index >= 15 is 0 Å². The maximum atomic E-state index is 12.6. The number of ether oxygens (including phenoxy) is 2. The summed E-state index contributed by atoms with van der Waals surface area (Å²) >= 11 is 0. The van der Waals surface area contributed by atoms with E-state index in [1.165, 1.54) is 25.3 Å². The lowest BCUT2D eigenvalue weighted by molar-refractivity contribution is -0.148. The maximum Gasteiger partial charge on any atom is 0.340 e. The lowest BCUT2D eigenvalue weighted by Crippen LogP contribution is -2.33. The fourth-order valence-corrected chi connectivity index (χ4v) is 1.00. The van der Waals surface area contributed by atoms with Crippen molar-refractivity contribution in [2.24, 2.45) is 0 Å². The number of benzene rings is 1. The smallest absolute Gasteiger partial charge is 0.340 e. The van der Waals surface area contributed by atoms with Crippen molar-refractivity contribution in [3.63, 3.8) is 0 Å². The fraction of sp³-hybridized carbons (Fsp3) is 0.400. The van der Waals surface area contributed by atoms with E-state index < -0.39 is 19.0 Å². The van der Waals surface area contributed by atoms with Crippen LogP contribution in [0.2, 0.25) is 0 Å². The summed E-state index contributed by atoms with van der Waals surface area (Å²) in [6.45, 7) is -1.44. The maximum absolute atomic E-state index is 12.6. The second kappa shape index (κ2) is 5.11. The van der Waals surface area contributed by atoms with Gasteiger partial charge in [-0.2, -0.15) is 8.78 Å². The molecule has 7 heteroatoms. The van der Waals surface area contributed by atoms with Gasteiger partial charge in [0.25, 0.3) is 0 Å². The van der Waals surface area contributed by atoms with E-state index in [1.807, 2.05) is 0 Å². The van der Waals surface area contributed by atoms with E-state index in [2.05, 4.69) is 4.74 Å². The summed E-state index contributed by atoms with van der Waals surface area (Å²) in [5.41, 5.74) is 5.50. The zero-order valence-electron chi connectivity index (χ0n) is 8.92. The first-order chi connectivity index (χ1) is 7.86. The number of halogens is 4. The van der Waals surface area contributed by atoms with Crippen LogP contribution in [0.5, 0.6) is 11.5 Å². The van der Waals surface area contributed by atoms with E-state index in [1.54, 1.807) is 0 Å². The second-order valence-electron chi connectivity index (χ2n) is 3.25. The van der Waals surface area contributed by atoms with Crippen molar-refractivity contribution in [3.8, 4) is 11.5 Å². The molecule has 0 atom stereocenters. The molecule has 0 aliphatic rings. The van der Waals surface area contributed by atoms with Crippen LogP contribution in [-0.2, 0) is 0 Å². The molecule has 1 rings (SSSR count). The Hall–Kier alpha value is -1.66. The van der Waals surface area contributed by atoms with Crippen molar-refractivity contribution in [2.75, 3.05) is 19.5 Å². The van der Waals surface area contributed by atoms with Crippen molar-refractivity contribution in [1.29, 1.82) is 0 Å². The largest absolute Gasteiger partial charge is 0.497 e. The Morgan fingerprint density at radius 1 is 1.35 bits per heavy atom. The number of nitrogen functional groups attached to an aromatic ring is 1. The minimum atomic E-state index is -4.21. The van der Waals surface area contributed by atoms with Crippen LogP contribution in [0.3, 0.4) is 0 Å². The fourth-order valence-electron chi connectivity index (χ4n) is 1.00.